The number of benzene rings is 1. The fourth-order valence-electron chi connectivity index (χ4n) is 1.78. The second kappa shape index (κ2) is 6.64. The van der Waals surface area contributed by atoms with E-state index in [1.165, 1.54) is 0 Å². The Morgan fingerprint density at radius 1 is 1.44 bits per heavy atom. The Bertz CT molecular complexity index is 450. The first-order valence-corrected chi connectivity index (χ1v) is 5.93. The minimum atomic E-state index is -0.940. The molecule has 96 valence electrons. The molecular weight excluding hydrogens is 226 g/mol. The van der Waals surface area contributed by atoms with Gasteiger partial charge in [0.15, 0.2) is 0 Å². The molecule has 0 saturated heterocycles. The van der Waals surface area contributed by atoms with Crippen LogP contribution in [0.25, 0.3) is 6.08 Å². The summed E-state index contributed by atoms with van der Waals surface area (Å²) >= 11 is 0. The molecule has 0 aromatic heterocycles. The molecule has 0 aliphatic heterocycles. The Hall–Kier alpha value is -2.03. The highest BCUT2D eigenvalue weighted by Crippen LogP contribution is 2.23. The second-order valence-electron chi connectivity index (χ2n) is 4.27. The standard InChI is InChI=1S/C15H19NO2/c1-4-11-16(12(2)3)14-8-6-5-7-13(14)9-10-15(17)18/h4-10,12H,1,11H2,2-3H3,(H,17,18)/b10-9+. The quantitative estimate of drug-likeness (QED) is 0.618. The van der Waals surface area contributed by atoms with Gasteiger partial charge in [0.2, 0.25) is 0 Å². The molecule has 0 bridgehead atoms. The molecule has 1 aromatic rings. The number of aliphatic carboxylic acids is 1. The summed E-state index contributed by atoms with van der Waals surface area (Å²) in [5.74, 6) is -0.940. The Labute approximate surface area is 108 Å². The normalized spacial score (nSPS) is 10.8. The first-order valence-electron chi connectivity index (χ1n) is 5.93. The molecule has 1 aromatic carbocycles. The van der Waals surface area contributed by atoms with Crippen LogP contribution >= 0.6 is 0 Å². The maximum Gasteiger partial charge on any atom is 0.328 e. The van der Waals surface area contributed by atoms with Crippen LogP contribution in [0.4, 0.5) is 5.69 Å². The number of rotatable bonds is 6. The molecule has 0 heterocycles. The van der Waals surface area contributed by atoms with Crippen molar-refractivity contribution in [2.24, 2.45) is 0 Å². The lowest BCUT2D eigenvalue weighted by molar-refractivity contribution is -0.131. The van der Waals surface area contributed by atoms with Gasteiger partial charge in [0.1, 0.15) is 0 Å². The lowest BCUT2D eigenvalue weighted by Crippen LogP contribution is -2.31. The average Bonchev–Trinajstić information content (AvgIpc) is 2.33. The second-order valence-corrected chi connectivity index (χ2v) is 4.27. The van der Waals surface area contributed by atoms with Gasteiger partial charge in [0, 0.05) is 24.4 Å². The van der Waals surface area contributed by atoms with Gasteiger partial charge >= 0.3 is 5.97 Å². The van der Waals surface area contributed by atoms with Crippen LogP contribution in [0.5, 0.6) is 0 Å². The molecule has 0 aliphatic rings. The first kappa shape index (κ1) is 14.0. The summed E-state index contributed by atoms with van der Waals surface area (Å²) in [6.07, 6.45) is 4.62. The van der Waals surface area contributed by atoms with E-state index in [9.17, 15) is 4.79 Å². The van der Waals surface area contributed by atoms with Gasteiger partial charge in [0.25, 0.3) is 0 Å². The zero-order valence-electron chi connectivity index (χ0n) is 10.8. The number of para-hydroxylation sites is 1. The van der Waals surface area contributed by atoms with E-state index in [-0.39, 0.29) is 0 Å². The van der Waals surface area contributed by atoms with Crippen LogP contribution in [0.2, 0.25) is 0 Å². The van der Waals surface area contributed by atoms with Crippen LogP contribution in [0.15, 0.2) is 43.0 Å². The summed E-state index contributed by atoms with van der Waals surface area (Å²) < 4.78 is 0. The van der Waals surface area contributed by atoms with E-state index >= 15 is 0 Å². The SMILES string of the molecule is C=CCN(c1ccccc1/C=C/C(=O)O)C(C)C. The average molecular weight is 245 g/mol. The highest BCUT2D eigenvalue weighted by Gasteiger charge is 2.11. The van der Waals surface area contributed by atoms with Crippen LogP contribution in [0.1, 0.15) is 19.4 Å². The fourth-order valence-corrected chi connectivity index (χ4v) is 1.78. The molecule has 18 heavy (non-hydrogen) atoms. The van der Waals surface area contributed by atoms with Gasteiger partial charge in [-0.25, -0.2) is 4.79 Å². The Kier molecular flexibility index (Phi) is 5.18. The summed E-state index contributed by atoms with van der Waals surface area (Å²) in [6.45, 7) is 8.69. The predicted molar refractivity (Wildman–Crippen MR) is 75.8 cm³/mol. The number of anilines is 1. The highest BCUT2D eigenvalue weighted by molar-refractivity contribution is 5.87. The zero-order valence-corrected chi connectivity index (χ0v) is 10.8. The summed E-state index contributed by atoms with van der Waals surface area (Å²) in [7, 11) is 0. The molecule has 0 unspecified atom stereocenters. The van der Waals surface area contributed by atoms with Crippen LogP contribution in [0, 0.1) is 0 Å². The largest absolute Gasteiger partial charge is 0.478 e. The Morgan fingerprint density at radius 2 is 2.11 bits per heavy atom. The smallest absolute Gasteiger partial charge is 0.328 e. The highest BCUT2D eigenvalue weighted by atomic mass is 16.4. The Morgan fingerprint density at radius 3 is 2.67 bits per heavy atom. The summed E-state index contributed by atoms with van der Waals surface area (Å²) in [6, 6.07) is 8.07. The molecule has 0 amide bonds. The van der Waals surface area contributed by atoms with Crippen LogP contribution in [0.3, 0.4) is 0 Å². The van der Waals surface area contributed by atoms with Gasteiger partial charge < -0.3 is 10.0 Å². The van der Waals surface area contributed by atoms with Crippen molar-refractivity contribution in [3.63, 3.8) is 0 Å². The fraction of sp³-hybridized carbons (Fsp3) is 0.267. The number of carbonyl (C=O) groups is 1. The molecule has 0 spiro atoms. The van der Waals surface area contributed by atoms with E-state index in [1.54, 1.807) is 6.08 Å². The summed E-state index contributed by atoms with van der Waals surface area (Å²) in [4.78, 5) is 12.8. The lowest BCUT2D eigenvalue weighted by atomic mass is 10.1. The van der Waals surface area contributed by atoms with E-state index in [4.69, 9.17) is 5.11 Å². The third-order valence-electron chi connectivity index (χ3n) is 2.60. The molecule has 1 rings (SSSR count). The molecule has 1 N–H and O–H groups in total. The van der Waals surface area contributed by atoms with Crippen molar-refractivity contribution < 1.29 is 9.90 Å². The van der Waals surface area contributed by atoms with Gasteiger partial charge in [-0.05, 0) is 31.6 Å². The van der Waals surface area contributed by atoms with E-state index in [1.807, 2.05) is 30.3 Å². The maximum absolute atomic E-state index is 10.6. The number of hydrogen-bond donors (Lipinski definition) is 1. The van der Waals surface area contributed by atoms with E-state index in [0.29, 0.717) is 6.04 Å². The number of hydrogen-bond acceptors (Lipinski definition) is 2. The van der Waals surface area contributed by atoms with Crippen LogP contribution in [-0.4, -0.2) is 23.7 Å². The number of carboxylic acids is 1. The molecule has 0 saturated carbocycles. The van der Waals surface area contributed by atoms with E-state index in [0.717, 1.165) is 23.9 Å². The van der Waals surface area contributed by atoms with Crippen molar-refractivity contribution in [2.75, 3.05) is 11.4 Å². The molecule has 3 heteroatoms. The van der Waals surface area contributed by atoms with E-state index in [2.05, 4.69) is 25.3 Å². The molecule has 0 aliphatic carbocycles. The van der Waals surface area contributed by atoms with Crippen molar-refractivity contribution in [2.45, 2.75) is 19.9 Å². The van der Waals surface area contributed by atoms with Gasteiger partial charge in [-0.3, -0.25) is 0 Å². The zero-order chi connectivity index (χ0) is 13.5. The first-order chi connectivity index (χ1) is 8.56. The van der Waals surface area contributed by atoms with Gasteiger partial charge in [0.05, 0.1) is 0 Å². The van der Waals surface area contributed by atoms with Crippen LogP contribution in [-0.2, 0) is 4.79 Å². The molecule has 3 nitrogen and oxygen atoms in total. The van der Waals surface area contributed by atoms with Crippen molar-refractivity contribution in [1.29, 1.82) is 0 Å². The predicted octanol–water partition coefficient (Wildman–Crippen LogP) is 3.19. The Balaban J connectivity index is 3.13. The molecule has 0 radical (unpaired) electrons. The third-order valence-corrected chi connectivity index (χ3v) is 2.60. The minimum absolute atomic E-state index is 0.322. The minimum Gasteiger partial charge on any atom is -0.478 e. The number of nitrogens with zero attached hydrogens (tertiary/aromatic N) is 1. The van der Waals surface area contributed by atoms with Gasteiger partial charge in [-0.15, -0.1) is 6.58 Å². The maximum atomic E-state index is 10.6. The molecular formula is C15H19NO2. The van der Waals surface area contributed by atoms with Crippen molar-refractivity contribution in [1.82, 2.24) is 0 Å². The van der Waals surface area contributed by atoms with Crippen molar-refractivity contribution >= 4 is 17.7 Å². The number of carboxylic acid groups (broad SMARTS) is 1. The monoisotopic (exact) mass is 245 g/mol. The summed E-state index contributed by atoms with van der Waals surface area (Å²) in [5, 5.41) is 8.70. The van der Waals surface area contributed by atoms with Gasteiger partial charge in [-0.2, -0.15) is 0 Å². The molecule has 0 atom stereocenters. The van der Waals surface area contributed by atoms with Crippen molar-refractivity contribution in [3.05, 3.63) is 48.6 Å². The van der Waals surface area contributed by atoms with Crippen LogP contribution < -0.4 is 4.90 Å². The lowest BCUT2D eigenvalue weighted by Gasteiger charge is -2.29. The topological polar surface area (TPSA) is 40.5 Å². The summed E-state index contributed by atoms with van der Waals surface area (Å²) in [5.41, 5.74) is 1.92. The van der Waals surface area contributed by atoms with Gasteiger partial charge in [-0.1, -0.05) is 24.3 Å². The van der Waals surface area contributed by atoms with E-state index < -0.39 is 5.97 Å². The van der Waals surface area contributed by atoms with Crippen molar-refractivity contribution in [3.8, 4) is 0 Å². The molecule has 0 fully saturated rings. The third kappa shape index (κ3) is 3.77.